The first-order valence-corrected chi connectivity index (χ1v) is 11.1. The molecule has 0 aliphatic carbocycles. The van der Waals surface area contributed by atoms with Gasteiger partial charge in [-0.2, -0.15) is 0 Å². The molecule has 1 heterocycles. The molecule has 1 aromatic heterocycles. The van der Waals surface area contributed by atoms with Crippen molar-refractivity contribution in [2.75, 3.05) is 5.32 Å². The zero-order valence-corrected chi connectivity index (χ0v) is 19.9. The van der Waals surface area contributed by atoms with Crippen LogP contribution in [0.5, 0.6) is 0 Å². The van der Waals surface area contributed by atoms with Gasteiger partial charge in [-0.1, -0.05) is 46.7 Å². The topological polar surface area (TPSA) is 114 Å². The normalized spacial score (nSPS) is 10.8. The molecule has 0 fully saturated rings. The summed E-state index contributed by atoms with van der Waals surface area (Å²) in [5, 5.41) is 17.2. The summed E-state index contributed by atoms with van der Waals surface area (Å²) in [4.78, 5) is 40.1. The lowest BCUT2D eigenvalue weighted by atomic mass is 10.1. The Kier molecular flexibility index (Phi) is 7.88. The Bertz CT molecular complexity index is 1310. The molecule has 0 spiro atoms. The van der Waals surface area contributed by atoms with Gasteiger partial charge in [0, 0.05) is 11.6 Å². The Hall–Kier alpha value is -3.18. The third-order valence-corrected chi connectivity index (χ3v) is 6.23. The van der Waals surface area contributed by atoms with Gasteiger partial charge in [0.2, 0.25) is 0 Å². The highest BCUT2D eigenvalue weighted by atomic mass is 35.5. The number of aryl methyl sites for hydroxylation is 1. The molecular formula is C21H14Cl2N4O4S2. The van der Waals surface area contributed by atoms with Crippen molar-refractivity contribution < 1.29 is 14.5 Å². The van der Waals surface area contributed by atoms with E-state index in [1.165, 1.54) is 36.4 Å². The molecule has 0 aliphatic heterocycles. The number of nitro benzene ring substituents is 1. The fraction of sp³-hybridized carbons (Fsp3) is 0.0476. The van der Waals surface area contributed by atoms with Gasteiger partial charge in [0.1, 0.15) is 0 Å². The summed E-state index contributed by atoms with van der Waals surface area (Å²) >= 11 is 18.0. The predicted octanol–water partition coefficient (Wildman–Crippen LogP) is 5.69. The minimum absolute atomic E-state index is 0.0192. The first-order valence-electron chi connectivity index (χ1n) is 9.16. The van der Waals surface area contributed by atoms with Crippen molar-refractivity contribution in [3.63, 3.8) is 0 Å². The average molecular weight is 521 g/mol. The molecule has 2 aromatic carbocycles. The van der Waals surface area contributed by atoms with E-state index in [0.717, 1.165) is 11.3 Å². The van der Waals surface area contributed by atoms with Gasteiger partial charge >= 0.3 is 0 Å². The number of carbonyl (C=O) groups is 2. The van der Waals surface area contributed by atoms with E-state index in [9.17, 15) is 19.7 Å². The lowest BCUT2D eigenvalue weighted by molar-refractivity contribution is -0.385. The number of nitro groups is 1. The number of hydrogen-bond donors (Lipinski definition) is 2. The number of halogens is 2. The van der Waals surface area contributed by atoms with Gasteiger partial charge < -0.3 is 5.32 Å². The summed E-state index contributed by atoms with van der Waals surface area (Å²) in [6.45, 7) is 1.64. The van der Waals surface area contributed by atoms with E-state index in [1.54, 1.807) is 25.1 Å². The summed E-state index contributed by atoms with van der Waals surface area (Å²) in [6.07, 6.45) is 2.63. The molecule has 1 amide bonds. The monoisotopic (exact) mass is 520 g/mol. The van der Waals surface area contributed by atoms with Gasteiger partial charge in [-0.05, 0) is 55.6 Å². The second-order valence-corrected chi connectivity index (χ2v) is 8.71. The van der Waals surface area contributed by atoms with Crippen molar-refractivity contribution in [3.8, 4) is 0 Å². The standard InChI is InChI=1S/C21H14Cl2N4O4S2/c1-11-18(17(28)9-7-12-4-2-3-5-16(12)27(30)31)33-21(24-11)26-20(32)25-19(29)13-6-8-14(22)15(23)10-13/h2-10H,1H3,(H2,24,25,26,29,32)/b9-7-. The highest BCUT2D eigenvalue weighted by Gasteiger charge is 2.16. The van der Waals surface area contributed by atoms with E-state index in [0.29, 0.717) is 26.3 Å². The number of para-hydroxylation sites is 1. The summed E-state index contributed by atoms with van der Waals surface area (Å²) in [6, 6.07) is 10.5. The van der Waals surface area contributed by atoms with Crippen molar-refractivity contribution in [1.82, 2.24) is 10.3 Å². The van der Waals surface area contributed by atoms with Crippen LogP contribution in [0.3, 0.4) is 0 Å². The molecular weight excluding hydrogens is 507 g/mol. The van der Waals surface area contributed by atoms with Crippen molar-refractivity contribution >= 4 is 80.5 Å². The molecule has 0 unspecified atom stereocenters. The van der Waals surface area contributed by atoms with Crippen LogP contribution in [0, 0.1) is 17.0 Å². The number of aromatic nitrogens is 1. The Morgan fingerprint density at radius 2 is 1.91 bits per heavy atom. The molecule has 0 atom stereocenters. The highest BCUT2D eigenvalue weighted by molar-refractivity contribution is 7.80. The van der Waals surface area contributed by atoms with E-state index < -0.39 is 10.8 Å². The van der Waals surface area contributed by atoms with Crippen molar-refractivity contribution in [2.45, 2.75) is 6.92 Å². The third kappa shape index (κ3) is 6.20. The fourth-order valence-corrected chi connectivity index (χ4v) is 4.10. The molecule has 33 heavy (non-hydrogen) atoms. The van der Waals surface area contributed by atoms with E-state index in [1.807, 2.05) is 0 Å². The average Bonchev–Trinajstić information content (AvgIpc) is 3.13. The third-order valence-electron chi connectivity index (χ3n) is 4.20. The minimum atomic E-state index is -0.517. The van der Waals surface area contributed by atoms with Crippen LogP contribution in [-0.2, 0) is 0 Å². The molecule has 3 rings (SSSR count). The van der Waals surface area contributed by atoms with Crippen LogP contribution < -0.4 is 10.6 Å². The van der Waals surface area contributed by atoms with Crippen LogP contribution >= 0.6 is 46.8 Å². The molecule has 8 nitrogen and oxygen atoms in total. The maximum absolute atomic E-state index is 12.6. The summed E-state index contributed by atoms with van der Waals surface area (Å²) in [5.41, 5.74) is 0.911. The number of carbonyl (C=O) groups excluding carboxylic acids is 2. The van der Waals surface area contributed by atoms with E-state index in [4.69, 9.17) is 35.4 Å². The minimum Gasteiger partial charge on any atom is -0.308 e. The SMILES string of the molecule is Cc1nc(NC(=S)NC(=O)c2ccc(Cl)c(Cl)c2)sc1C(=O)/C=C\c1ccccc1[N+](=O)[O-]. The lowest BCUT2D eigenvalue weighted by Gasteiger charge is -2.07. The molecule has 0 radical (unpaired) electrons. The molecule has 12 heteroatoms. The molecule has 3 aromatic rings. The summed E-state index contributed by atoms with van der Waals surface area (Å²) < 4.78 is 0. The smallest absolute Gasteiger partial charge is 0.276 e. The van der Waals surface area contributed by atoms with Crippen LogP contribution in [0.4, 0.5) is 10.8 Å². The quantitative estimate of drug-likeness (QED) is 0.141. The van der Waals surface area contributed by atoms with Crippen molar-refractivity contribution in [1.29, 1.82) is 0 Å². The Morgan fingerprint density at radius 3 is 2.61 bits per heavy atom. The van der Waals surface area contributed by atoms with E-state index in [-0.39, 0.29) is 27.2 Å². The molecule has 168 valence electrons. The number of hydrogen-bond acceptors (Lipinski definition) is 7. The Balaban J connectivity index is 1.67. The van der Waals surface area contributed by atoms with Gasteiger partial charge in [0.25, 0.3) is 11.6 Å². The van der Waals surface area contributed by atoms with Crippen LogP contribution in [0.2, 0.25) is 10.0 Å². The van der Waals surface area contributed by atoms with Gasteiger partial charge in [0.15, 0.2) is 16.0 Å². The van der Waals surface area contributed by atoms with Gasteiger partial charge in [0.05, 0.1) is 31.1 Å². The second-order valence-electron chi connectivity index (χ2n) is 6.48. The number of amides is 1. The summed E-state index contributed by atoms with van der Waals surface area (Å²) in [5.74, 6) is -0.870. The largest absolute Gasteiger partial charge is 0.308 e. The van der Waals surface area contributed by atoms with Crippen LogP contribution in [0.1, 0.15) is 31.3 Å². The molecule has 2 N–H and O–H groups in total. The van der Waals surface area contributed by atoms with Crippen molar-refractivity contribution in [3.05, 3.63) is 90.4 Å². The fourth-order valence-electron chi connectivity index (χ4n) is 2.66. The number of allylic oxidation sites excluding steroid dienone is 1. The van der Waals surface area contributed by atoms with E-state index in [2.05, 4.69) is 15.6 Å². The van der Waals surface area contributed by atoms with E-state index >= 15 is 0 Å². The summed E-state index contributed by atoms with van der Waals surface area (Å²) in [7, 11) is 0. The second kappa shape index (κ2) is 10.6. The zero-order valence-electron chi connectivity index (χ0n) is 16.8. The van der Waals surface area contributed by atoms with Crippen molar-refractivity contribution in [2.24, 2.45) is 0 Å². The number of rotatable bonds is 6. The van der Waals surface area contributed by atoms with Gasteiger partial charge in [-0.3, -0.25) is 25.0 Å². The number of nitrogens with zero attached hydrogens (tertiary/aromatic N) is 2. The number of thiocarbonyl (C=S) groups is 1. The Labute approximate surface area is 207 Å². The number of thiazole rings is 1. The maximum atomic E-state index is 12.6. The van der Waals surface area contributed by atoms with Gasteiger partial charge in [-0.25, -0.2) is 4.98 Å². The number of ketones is 1. The zero-order chi connectivity index (χ0) is 24.1. The Morgan fingerprint density at radius 1 is 1.18 bits per heavy atom. The maximum Gasteiger partial charge on any atom is 0.276 e. The highest BCUT2D eigenvalue weighted by Crippen LogP contribution is 2.25. The molecule has 0 aliphatic rings. The molecule has 0 bridgehead atoms. The van der Waals surface area contributed by atoms with Crippen LogP contribution in [0.25, 0.3) is 6.08 Å². The lowest BCUT2D eigenvalue weighted by Crippen LogP contribution is -2.34. The van der Waals surface area contributed by atoms with Crippen LogP contribution in [0.15, 0.2) is 48.5 Å². The predicted molar refractivity (Wildman–Crippen MR) is 133 cm³/mol. The first kappa shape index (κ1) is 24.5. The van der Waals surface area contributed by atoms with Crippen LogP contribution in [-0.4, -0.2) is 26.7 Å². The van der Waals surface area contributed by atoms with Gasteiger partial charge in [-0.15, -0.1) is 0 Å². The molecule has 0 saturated carbocycles. The first-order chi connectivity index (χ1) is 15.7. The number of nitrogens with one attached hydrogen (secondary N) is 2. The number of benzene rings is 2. The number of anilines is 1. The molecule has 0 saturated heterocycles.